The number of nitrogens with zero attached hydrogens (tertiary/aromatic N) is 1. The lowest BCUT2D eigenvalue weighted by Gasteiger charge is -2.06. The molecule has 0 saturated carbocycles. The van der Waals surface area contributed by atoms with Crippen LogP contribution < -0.4 is 10.6 Å². The molecule has 0 atom stereocenters. The monoisotopic (exact) mass is 457 g/mol. The number of ether oxygens (including phenoxy) is 1. The summed E-state index contributed by atoms with van der Waals surface area (Å²) in [6.07, 6.45) is 0. The minimum absolute atomic E-state index is 0.320. The zero-order valence-corrected chi connectivity index (χ0v) is 17.9. The number of rotatable bonds is 6. The van der Waals surface area contributed by atoms with Crippen molar-refractivity contribution in [3.05, 3.63) is 63.7 Å². The Morgan fingerprint density at radius 2 is 1.87 bits per heavy atom. The van der Waals surface area contributed by atoms with E-state index in [9.17, 15) is 14.4 Å². The number of esters is 1. The Bertz CT molecular complexity index is 1160. The van der Waals surface area contributed by atoms with Crippen molar-refractivity contribution in [2.45, 2.75) is 6.54 Å². The molecule has 7 nitrogen and oxygen atoms in total. The van der Waals surface area contributed by atoms with Crippen LogP contribution in [0.5, 0.6) is 0 Å². The van der Waals surface area contributed by atoms with Gasteiger partial charge in [0.25, 0.3) is 5.91 Å². The molecule has 0 aliphatic rings. The van der Waals surface area contributed by atoms with Crippen LogP contribution in [-0.4, -0.2) is 29.5 Å². The van der Waals surface area contributed by atoms with E-state index in [0.717, 1.165) is 25.0 Å². The first kappa shape index (κ1) is 20.2. The van der Waals surface area contributed by atoms with Crippen molar-refractivity contribution in [3.8, 4) is 9.88 Å². The van der Waals surface area contributed by atoms with Gasteiger partial charge in [-0.25, -0.2) is 14.6 Å². The van der Waals surface area contributed by atoms with Crippen LogP contribution in [0.1, 0.15) is 14.5 Å². The zero-order valence-electron chi connectivity index (χ0n) is 15.4. The number of urea groups is 1. The highest BCUT2D eigenvalue weighted by molar-refractivity contribution is 7.26. The lowest BCUT2D eigenvalue weighted by atomic mass is 10.3. The number of thiophene rings is 2. The van der Waals surface area contributed by atoms with Gasteiger partial charge in [0.15, 0.2) is 6.61 Å². The Balaban J connectivity index is 1.28. The lowest BCUT2D eigenvalue weighted by Crippen LogP contribution is -2.41. The highest BCUT2D eigenvalue weighted by Gasteiger charge is 2.16. The Morgan fingerprint density at radius 3 is 2.67 bits per heavy atom. The molecule has 0 unspecified atom stereocenters. The Labute approximate surface area is 183 Å². The molecule has 2 N–H and O–H groups in total. The fraction of sp³-hybridized carbons (Fsp3) is 0.100. The van der Waals surface area contributed by atoms with Crippen LogP contribution in [0.2, 0.25) is 0 Å². The summed E-state index contributed by atoms with van der Waals surface area (Å²) < 4.78 is 6.08. The second kappa shape index (κ2) is 9.16. The molecular weight excluding hydrogens is 442 g/mol. The summed E-state index contributed by atoms with van der Waals surface area (Å²) in [5.74, 6) is -1.32. The number of nitrogens with one attached hydrogen (secondary N) is 2. The lowest BCUT2D eigenvalue weighted by molar-refractivity contribution is -0.123. The van der Waals surface area contributed by atoms with Gasteiger partial charge in [0, 0.05) is 4.88 Å². The molecule has 152 valence electrons. The van der Waals surface area contributed by atoms with Crippen LogP contribution in [0.3, 0.4) is 0 Å². The minimum atomic E-state index is -0.699. The number of aromatic nitrogens is 1. The van der Waals surface area contributed by atoms with Crippen LogP contribution in [0.15, 0.2) is 53.9 Å². The third-order valence-electron chi connectivity index (χ3n) is 3.90. The van der Waals surface area contributed by atoms with Gasteiger partial charge in [0.05, 0.1) is 21.6 Å². The van der Waals surface area contributed by atoms with E-state index in [1.807, 2.05) is 41.8 Å². The Morgan fingerprint density at radius 1 is 1.00 bits per heavy atom. The maximum atomic E-state index is 12.2. The van der Waals surface area contributed by atoms with E-state index in [4.69, 9.17) is 4.74 Å². The van der Waals surface area contributed by atoms with Crippen molar-refractivity contribution >= 4 is 62.1 Å². The predicted octanol–water partition coefficient (Wildman–Crippen LogP) is 4.27. The first-order chi connectivity index (χ1) is 14.6. The molecule has 3 amide bonds. The van der Waals surface area contributed by atoms with Crippen molar-refractivity contribution in [2.75, 3.05) is 6.61 Å². The maximum absolute atomic E-state index is 12.2. The number of carbonyl (C=O) groups is 3. The second-order valence-corrected chi connectivity index (χ2v) is 9.18. The standard InChI is InChI=1S/C20H15N3O4S3/c24-17(23-20(26)21-10-12-4-3-9-28-12)11-27-19(25)16-8-7-15(29-16)18-22-13-5-1-2-6-14(13)30-18/h1-9H,10-11H2,(H2,21,23,24,26). The molecule has 0 bridgehead atoms. The Kier molecular flexibility index (Phi) is 6.17. The number of hydrogen-bond acceptors (Lipinski definition) is 8. The molecule has 0 aliphatic heterocycles. The largest absolute Gasteiger partial charge is 0.451 e. The zero-order chi connectivity index (χ0) is 20.9. The fourth-order valence-corrected chi connectivity index (χ4v) is 5.09. The van der Waals surface area contributed by atoms with Gasteiger partial charge in [0.1, 0.15) is 9.88 Å². The molecule has 3 heterocycles. The number of fused-ring (bicyclic) bond motifs is 1. The molecule has 30 heavy (non-hydrogen) atoms. The van der Waals surface area contributed by atoms with Gasteiger partial charge in [-0.15, -0.1) is 34.0 Å². The van der Waals surface area contributed by atoms with Gasteiger partial charge in [-0.2, -0.15) is 0 Å². The van der Waals surface area contributed by atoms with Crippen LogP contribution >= 0.6 is 34.0 Å². The van der Waals surface area contributed by atoms with Gasteiger partial charge in [-0.1, -0.05) is 18.2 Å². The quantitative estimate of drug-likeness (QED) is 0.422. The van der Waals surface area contributed by atoms with Gasteiger partial charge in [-0.05, 0) is 35.7 Å². The van der Waals surface area contributed by atoms with E-state index >= 15 is 0 Å². The highest BCUT2D eigenvalue weighted by atomic mass is 32.1. The SMILES string of the molecule is O=C(COC(=O)c1ccc(-c2nc3ccccc3s2)s1)NC(=O)NCc1cccs1. The summed E-state index contributed by atoms with van der Waals surface area (Å²) >= 11 is 4.29. The van der Waals surface area contributed by atoms with E-state index < -0.39 is 24.5 Å². The number of imide groups is 1. The Hall–Kier alpha value is -3.08. The number of para-hydroxylation sites is 1. The summed E-state index contributed by atoms with van der Waals surface area (Å²) in [6, 6.07) is 14.4. The van der Waals surface area contributed by atoms with Crippen LogP contribution in [-0.2, 0) is 16.1 Å². The first-order valence-electron chi connectivity index (χ1n) is 8.81. The van der Waals surface area contributed by atoms with Gasteiger partial charge >= 0.3 is 12.0 Å². The van der Waals surface area contributed by atoms with Crippen molar-refractivity contribution in [2.24, 2.45) is 0 Å². The molecule has 3 aromatic heterocycles. The summed E-state index contributed by atoms with van der Waals surface area (Å²) in [5.41, 5.74) is 0.907. The molecule has 0 aliphatic carbocycles. The van der Waals surface area contributed by atoms with Gasteiger partial charge in [0.2, 0.25) is 0 Å². The van der Waals surface area contributed by atoms with Gasteiger partial charge < -0.3 is 10.1 Å². The molecule has 0 fully saturated rings. The molecular formula is C20H15N3O4S3. The molecule has 0 saturated heterocycles. The molecule has 1 aromatic carbocycles. The smallest absolute Gasteiger partial charge is 0.348 e. The van der Waals surface area contributed by atoms with E-state index in [0.29, 0.717) is 11.4 Å². The van der Waals surface area contributed by atoms with Crippen LogP contribution in [0.25, 0.3) is 20.1 Å². The summed E-state index contributed by atoms with van der Waals surface area (Å²) in [7, 11) is 0. The van der Waals surface area contributed by atoms with Crippen molar-refractivity contribution in [1.82, 2.24) is 15.6 Å². The van der Waals surface area contributed by atoms with Crippen molar-refractivity contribution in [1.29, 1.82) is 0 Å². The molecule has 4 aromatic rings. The van der Waals surface area contributed by atoms with Gasteiger partial charge in [-0.3, -0.25) is 10.1 Å². The number of carbonyl (C=O) groups excluding carboxylic acids is 3. The second-order valence-electron chi connectivity index (χ2n) is 6.04. The number of hydrogen-bond donors (Lipinski definition) is 2. The van der Waals surface area contributed by atoms with E-state index in [2.05, 4.69) is 15.6 Å². The highest BCUT2D eigenvalue weighted by Crippen LogP contribution is 2.34. The number of benzene rings is 1. The topological polar surface area (TPSA) is 97.4 Å². The number of amides is 3. The van der Waals surface area contributed by atoms with E-state index in [1.54, 1.807) is 23.5 Å². The molecule has 0 radical (unpaired) electrons. The predicted molar refractivity (Wildman–Crippen MR) is 118 cm³/mol. The summed E-state index contributed by atoms with van der Waals surface area (Å²) in [5, 5.41) is 7.41. The average Bonchev–Trinajstić information content (AvgIpc) is 3.50. The minimum Gasteiger partial charge on any atom is -0.451 e. The van der Waals surface area contributed by atoms with Crippen LogP contribution in [0.4, 0.5) is 4.79 Å². The summed E-state index contributed by atoms with van der Waals surface area (Å²) in [6.45, 7) is -0.222. The normalized spacial score (nSPS) is 10.7. The van der Waals surface area contributed by atoms with Crippen molar-refractivity contribution in [3.63, 3.8) is 0 Å². The third-order valence-corrected chi connectivity index (χ3v) is 7.05. The van der Waals surface area contributed by atoms with Crippen molar-refractivity contribution < 1.29 is 19.1 Å². The van der Waals surface area contributed by atoms with E-state index in [1.165, 1.54) is 22.7 Å². The van der Waals surface area contributed by atoms with Crippen LogP contribution in [0, 0.1) is 0 Å². The molecule has 4 rings (SSSR count). The average molecular weight is 458 g/mol. The third kappa shape index (κ3) is 4.90. The van der Waals surface area contributed by atoms with E-state index in [-0.39, 0.29) is 0 Å². The molecule has 10 heteroatoms. The fourth-order valence-electron chi connectivity index (χ4n) is 2.53. The maximum Gasteiger partial charge on any atom is 0.348 e. The molecule has 0 spiro atoms. The summed E-state index contributed by atoms with van der Waals surface area (Å²) in [4.78, 5) is 42.5. The number of thiazole rings is 1. The first-order valence-corrected chi connectivity index (χ1v) is 11.3.